The third-order valence-corrected chi connectivity index (χ3v) is 1.81. The number of amides is 1. The lowest BCUT2D eigenvalue weighted by molar-refractivity contribution is -0.124. The van der Waals surface area contributed by atoms with Gasteiger partial charge < -0.3 is 16.0 Å². The molecule has 0 aromatic heterocycles. The summed E-state index contributed by atoms with van der Waals surface area (Å²) in [5, 5.41) is 8.82. The molecule has 0 aliphatic carbocycles. The molecular weight excluding hydrogens is 178 g/mol. The van der Waals surface area contributed by atoms with Crippen LogP contribution in [0.25, 0.3) is 0 Å². The van der Waals surface area contributed by atoms with Crippen molar-refractivity contribution in [3.05, 3.63) is 0 Å². The van der Waals surface area contributed by atoms with Crippen LogP contribution in [0.1, 0.15) is 6.42 Å². The quantitative estimate of drug-likeness (QED) is 0.508. The fourth-order valence-electron chi connectivity index (χ4n) is 0.946. The van der Waals surface area contributed by atoms with Gasteiger partial charge >= 0.3 is 0 Å². The van der Waals surface area contributed by atoms with Crippen molar-refractivity contribution in [3.8, 4) is 0 Å². The van der Waals surface area contributed by atoms with E-state index < -0.39 is 0 Å². The Hall–Kier alpha value is -0.320. The van der Waals surface area contributed by atoms with E-state index in [1.807, 2.05) is 7.05 Å². The summed E-state index contributed by atoms with van der Waals surface area (Å²) in [6, 6.07) is 0.0758. The summed E-state index contributed by atoms with van der Waals surface area (Å²) in [7, 11) is 1.87. The van der Waals surface area contributed by atoms with Crippen LogP contribution in [-0.2, 0) is 4.79 Å². The van der Waals surface area contributed by atoms with Crippen LogP contribution in [-0.4, -0.2) is 38.6 Å². The molecule has 0 saturated carbocycles. The number of rotatable bonds is 4. The van der Waals surface area contributed by atoms with E-state index in [1.54, 1.807) is 0 Å². The summed E-state index contributed by atoms with van der Waals surface area (Å²) in [6.45, 7) is 2.52. The Morgan fingerprint density at radius 3 is 2.67 bits per heavy atom. The van der Waals surface area contributed by atoms with Gasteiger partial charge in [0.05, 0.1) is 6.04 Å². The number of hydrogen-bond donors (Lipinski definition) is 3. The topological polar surface area (TPSA) is 53.2 Å². The zero-order valence-electron chi connectivity index (χ0n) is 7.22. The first-order valence-corrected chi connectivity index (χ1v) is 4.00. The standard InChI is InChI=1S/C7H15N3O.ClH/c1-8-4-5-10-7(11)6-2-3-9-6;/h6,8-9H,2-5H2,1H3,(H,10,11);1H/t6-;/m1./s1. The minimum Gasteiger partial charge on any atom is -0.353 e. The highest BCUT2D eigenvalue weighted by molar-refractivity contribution is 5.85. The molecule has 1 aliphatic rings. The molecule has 0 spiro atoms. The second kappa shape index (κ2) is 6.22. The lowest BCUT2D eigenvalue weighted by atomic mass is 10.1. The zero-order valence-corrected chi connectivity index (χ0v) is 8.04. The first-order chi connectivity index (χ1) is 5.34. The highest BCUT2D eigenvalue weighted by atomic mass is 35.5. The molecule has 1 heterocycles. The maximum atomic E-state index is 11.1. The van der Waals surface area contributed by atoms with Crippen molar-refractivity contribution >= 4 is 18.3 Å². The van der Waals surface area contributed by atoms with Gasteiger partial charge in [0.15, 0.2) is 0 Å². The van der Waals surface area contributed by atoms with Gasteiger partial charge in [0.1, 0.15) is 0 Å². The molecule has 0 unspecified atom stereocenters. The van der Waals surface area contributed by atoms with E-state index in [1.165, 1.54) is 0 Å². The van der Waals surface area contributed by atoms with Crippen molar-refractivity contribution in [2.45, 2.75) is 12.5 Å². The van der Waals surface area contributed by atoms with Crippen molar-refractivity contribution < 1.29 is 4.79 Å². The minimum absolute atomic E-state index is 0. The van der Waals surface area contributed by atoms with Crippen molar-refractivity contribution in [2.24, 2.45) is 0 Å². The molecule has 0 aromatic rings. The van der Waals surface area contributed by atoms with Crippen molar-refractivity contribution in [3.63, 3.8) is 0 Å². The Labute approximate surface area is 78.9 Å². The Bertz CT molecular complexity index is 139. The zero-order chi connectivity index (χ0) is 8.10. The van der Waals surface area contributed by atoms with Crippen LogP contribution >= 0.6 is 12.4 Å². The average Bonchev–Trinajstić information content (AvgIpc) is 1.84. The smallest absolute Gasteiger partial charge is 0.237 e. The highest BCUT2D eigenvalue weighted by Crippen LogP contribution is 2.00. The number of carbonyl (C=O) groups excluding carboxylic acids is 1. The average molecular weight is 194 g/mol. The SMILES string of the molecule is CNCCNC(=O)[C@H]1CCN1.Cl. The van der Waals surface area contributed by atoms with Gasteiger partial charge in [-0.2, -0.15) is 0 Å². The van der Waals surface area contributed by atoms with Gasteiger partial charge in [-0.05, 0) is 20.0 Å². The molecule has 1 amide bonds. The first-order valence-electron chi connectivity index (χ1n) is 4.00. The maximum Gasteiger partial charge on any atom is 0.237 e. The van der Waals surface area contributed by atoms with E-state index >= 15 is 0 Å². The molecule has 1 aliphatic heterocycles. The molecule has 12 heavy (non-hydrogen) atoms. The fourth-order valence-corrected chi connectivity index (χ4v) is 0.946. The number of likely N-dealkylation sites (N-methyl/N-ethyl adjacent to an activating group) is 1. The predicted octanol–water partition coefficient (Wildman–Crippen LogP) is -0.894. The fraction of sp³-hybridized carbons (Fsp3) is 0.857. The molecular formula is C7H16ClN3O. The van der Waals surface area contributed by atoms with E-state index in [2.05, 4.69) is 16.0 Å². The predicted molar refractivity (Wildman–Crippen MR) is 50.6 cm³/mol. The molecule has 3 N–H and O–H groups in total. The molecule has 1 rings (SSSR count). The highest BCUT2D eigenvalue weighted by Gasteiger charge is 2.23. The monoisotopic (exact) mass is 193 g/mol. The lowest BCUT2D eigenvalue weighted by Gasteiger charge is -2.26. The number of carbonyl (C=O) groups is 1. The summed E-state index contributed by atoms with van der Waals surface area (Å²) in [6.07, 6.45) is 0.978. The normalized spacial score (nSPS) is 20.6. The van der Waals surface area contributed by atoms with Crippen LogP contribution in [0.3, 0.4) is 0 Å². The maximum absolute atomic E-state index is 11.1. The van der Waals surface area contributed by atoms with Crippen LogP contribution in [0, 0.1) is 0 Å². The number of hydrogen-bond acceptors (Lipinski definition) is 3. The van der Waals surface area contributed by atoms with Gasteiger partial charge in [-0.3, -0.25) is 4.79 Å². The van der Waals surface area contributed by atoms with E-state index in [4.69, 9.17) is 0 Å². The van der Waals surface area contributed by atoms with E-state index in [-0.39, 0.29) is 24.4 Å². The largest absolute Gasteiger partial charge is 0.353 e. The number of nitrogens with one attached hydrogen (secondary N) is 3. The second-order valence-electron chi connectivity index (χ2n) is 2.69. The third kappa shape index (κ3) is 3.38. The molecule has 0 bridgehead atoms. The molecule has 0 aromatic carbocycles. The summed E-state index contributed by atoms with van der Waals surface area (Å²) in [5.41, 5.74) is 0. The van der Waals surface area contributed by atoms with Gasteiger partial charge in [0.2, 0.25) is 5.91 Å². The van der Waals surface area contributed by atoms with E-state index in [9.17, 15) is 4.79 Å². The summed E-state index contributed by atoms with van der Waals surface area (Å²) < 4.78 is 0. The Balaban J connectivity index is 0.00000121. The molecule has 4 nitrogen and oxygen atoms in total. The molecule has 1 saturated heterocycles. The Kier molecular flexibility index (Phi) is 6.06. The number of halogens is 1. The van der Waals surface area contributed by atoms with E-state index in [0.29, 0.717) is 6.54 Å². The van der Waals surface area contributed by atoms with Crippen LogP contribution in [0.4, 0.5) is 0 Å². The molecule has 1 atom stereocenters. The molecule has 5 heteroatoms. The second-order valence-corrected chi connectivity index (χ2v) is 2.69. The molecule has 0 radical (unpaired) electrons. The summed E-state index contributed by atoms with van der Waals surface area (Å²) in [5.74, 6) is 0.131. The van der Waals surface area contributed by atoms with Crippen molar-refractivity contribution in [1.82, 2.24) is 16.0 Å². The van der Waals surface area contributed by atoms with Gasteiger partial charge in [0.25, 0.3) is 0 Å². The van der Waals surface area contributed by atoms with Gasteiger partial charge in [-0.25, -0.2) is 0 Å². The van der Waals surface area contributed by atoms with Crippen LogP contribution in [0.5, 0.6) is 0 Å². The van der Waals surface area contributed by atoms with E-state index in [0.717, 1.165) is 19.5 Å². The Morgan fingerprint density at radius 1 is 1.58 bits per heavy atom. The first kappa shape index (κ1) is 11.7. The van der Waals surface area contributed by atoms with Crippen molar-refractivity contribution in [1.29, 1.82) is 0 Å². The van der Waals surface area contributed by atoms with Crippen LogP contribution < -0.4 is 16.0 Å². The lowest BCUT2D eigenvalue weighted by Crippen LogP contribution is -2.53. The summed E-state index contributed by atoms with van der Waals surface area (Å²) in [4.78, 5) is 11.1. The van der Waals surface area contributed by atoms with Crippen LogP contribution in [0.2, 0.25) is 0 Å². The van der Waals surface area contributed by atoms with Gasteiger partial charge in [-0.15, -0.1) is 12.4 Å². The third-order valence-electron chi connectivity index (χ3n) is 1.81. The van der Waals surface area contributed by atoms with Gasteiger partial charge in [-0.1, -0.05) is 0 Å². The summed E-state index contributed by atoms with van der Waals surface area (Å²) >= 11 is 0. The van der Waals surface area contributed by atoms with Crippen LogP contribution in [0.15, 0.2) is 0 Å². The molecule has 72 valence electrons. The van der Waals surface area contributed by atoms with Gasteiger partial charge in [0, 0.05) is 13.1 Å². The van der Waals surface area contributed by atoms with Crippen molar-refractivity contribution in [2.75, 3.05) is 26.7 Å². The Morgan fingerprint density at radius 2 is 2.25 bits per heavy atom. The minimum atomic E-state index is 0. The molecule has 1 fully saturated rings.